The van der Waals surface area contributed by atoms with Gasteiger partial charge in [0, 0.05) is 34.0 Å². The molecule has 204 valence electrons. The van der Waals surface area contributed by atoms with Crippen LogP contribution in [0.4, 0.5) is 0 Å². The predicted molar refractivity (Wildman–Crippen MR) is 159 cm³/mol. The van der Waals surface area contributed by atoms with Gasteiger partial charge < -0.3 is 14.5 Å². The van der Waals surface area contributed by atoms with Crippen molar-refractivity contribution in [3.8, 4) is 0 Å². The Labute approximate surface area is 243 Å². The van der Waals surface area contributed by atoms with Crippen LogP contribution in [0.2, 0.25) is 15.1 Å². The van der Waals surface area contributed by atoms with Gasteiger partial charge in [-0.1, -0.05) is 129 Å². The molecule has 0 saturated heterocycles. The molecule has 37 heavy (non-hydrogen) atoms. The van der Waals surface area contributed by atoms with Crippen LogP contribution in [0.15, 0.2) is 54.9 Å². The highest BCUT2D eigenvalue weighted by Gasteiger charge is 2.29. The van der Waals surface area contributed by atoms with Crippen molar-refractivity contribution in [3.63, 3.8) is 0 Å². The number of halogens is 4. The maximum absolute atomic E-state index is 7.02. The van der Waals surface area contributed by atoms with E-state index in [1.807, 2.05) is 36.4 Å². The van der Waals surface area contributed by atoms with Gasteiger partial charge in [0.05, 0.1) is 13.3 Å². The Hall–Kier alpha value is -1.10. The van der Waals surface area contributed by atoms with Gasteiger partial charge in [0.15, 0.2) is 0 Å². The number of ether oxygens (including phenoxy) is 1. The summed E-state index contributed by atoms with van der Waals surface area (Å²) in [6.07, 6.45) is 17.3. The summed E-state index contributed by atoms with van der Waals surface area (Å²) in [6, 6.07) is 13.1. The van der Waals surface area contributed by atoms with Crippen LogP contribution in [-0.4, -0.2) is 28.5 Å². The van der Waals surface area contributed by atoms with Gasteiger partial charge in [-0.3, -0.25) is 0 Å². The number of hydrogen-bond donors (Lipinski definition) is 0. The molecule has 1 heterocycles. The van der Waals surface area contributed by atoms with Gasteiger partial charge in [-0.15, -0.1) is 0 Å². The van der Waals surface area contributed by atoms with Crippen LogP contribution < -0.4 is 0 Å². The van der Waals surface area contributed by atoms with Crippen molar-refractivity contribution in [2.45, 2.75) is 89.3 Å². The Balaban J connectivity index is 1.46. The van der Waals surface area contributed by atoms with E-state index in [4.69, 9.17) is 51.1 Å². The highest BCUT2D eigenvalue weighted by molar-refractivity contribution is 6.35. The molecule has 0 bridgehead atoms. The number of unbranched alkanes of at least 4 members (excludes halogenated alkanes) is 9. The molecule has 0 saturated carbocycles. The lowest BCUT2D eigenvalue weighted by Crippen LogP contribution is -2.35. The molecule has 3 nitrogen and oxygen atoms in total. The van der Waals surface area contributed by atoms with E-state index in [-0.39, 0.29) is 11.6 Å². The van der Waals surface area contributed by atoms with Crippen LogP contribution in [0.25, 0.3) is 0 Å². The van der Waals surface area contributed by atoms with E-state index >= 15 is 0 Å². The second-order valence-corrected chi connectivity index (χ2v) is 11.6. The number of hydrogen-bond acceptors (Lipinski definition) is 3. The molecule has 1 aliphatic rings. The standard InChI is InChI=1S/C30H40Cl4N2O/c1-2-3-4-5-6-7-8-9-10-11-18-35-19-20-36(23-35)30(34)29(24-12-15-26(31)16-13-24)37-22-25-14-17-27(32)21-28(25)33/h12-17,19-21,29-30H,2-11,18,22-23H2,1H3. The molecule has 2 aromatic carbocycles. The monoisotopic (exact) mass is 584 g/mol. The second kappa shape index (κ2) is 16.8. The molecular weight excluding hydrogens is 546 g/mol. The highest BCUT2D eigenvalue weighted by Crippen LogP contribution is 2.33. The zero-order chi connectivity index (χ0) is 26.5. The molecule has 0 fully saturated rings. The Morgan fingerprint density at radius 3 is 2.05 bits per heavy atom. The maximum Gasteiger partial charge on any atom is 0.135 e. The van der Waals surface area contributed by atoms with Gasteiger partial charge >= 0.3 is 0 Å². The van der Waals surface area contributed by atoms with E-state index in [1.54, 1.807) is 6.07 Å². The third-order valence-corrected chi connectivity index (χ3v) is 8.13. The summed E-state index contributed by atoms with van der Waals surface area (Å²) in [4.78, 5) is 4.45. The van der Waals surface area contributed by atoms with E-state index in [0.29, 0.717) is 21.7 Å². The molecule has 0 aromatic heterocycles. The van der Waals surface area contributed by atoms with Crippen LogP contribution in [0, 0.1) is 0 Å². The first-order valence-electron chi connectivity index (χ1n) is 13.6. The van der Waals surface area contributed by atoms with Gasteiger partial charge in [-0.05, 0) is 41.8 Å². The first-order chi connectivity index (χ1) is 18.0. The molecule has 2 aromatic rings. The Bertz CT molecular complexity index is 953. The van der Waals surface area contributed by atoms with E-state index < -0.39 is 0 Å². The fourth-order valence-corrected chi connectivity index (χ4v) is 5.50. The first kappa shape index (κ1) is 30.4. The van der Waals surface area contributed by atoms with Crippen molar-refractivity contribution >= 4 is 46.4 Å². The summed E-state index contributed by atoms with van der Waals surface area (Å²) in [7, 11) is 0. The molecule has 0 radical (unpaired) electrons. The topological polar surface area (TPSA) is 15.7 Å². The van der Waals surface area contributed by atoms with E-state index in [0.717, 1.165) is 24.3 Å². The van der Waals surface area contributed by atoms with E-state index in [2.05, 4.69) is 29.1 Å². The van der Waals surface area contributed by atoms with Crippen molar-refractivity contribution in [2.75, 3.05) is 13.2 Å². The highest BCUT2D eigenvalue weighted by atomic mass is 35.5. The largest absolute Gasteiger partial charge is 0.365 e. The molecule has 7 heteroatoms. The molecule has 0 N–H and O–H groups in total. The summed E-state index contributed by atoms with van der Waals surface area (Å²) < 4.78 is 6.35. The predicted octanol–water partition coefficient (Wildman–Crippen LogP) is 10.4. The Morgan fingerprint density at radius 2 is 1.41 bits per heavy atom. The minimum Gasteiger partial charge on any atom is -0.365 e. The molecule has 3 rings (SSSR count). The fourth-order valence-electron chi connectivity index (χ4n) is 4.57. The zero-order valence-corrected chi connectivity index (χ0v) is 24.9. The lowest BCUT2D eigenvalue weighted by molar-refractivity contribution is 0.00680. The molecule has 0 spiro atoms. The molecule has 1 aliphatic heterocycles. The van der Waals surface area contributed by atoms with Crippen LogP contribution in [0.3, 0.4) is 0 Å². The van der Waals surface area contributed by atoms with Crippen molar-refractivity contribution in [1.29, 1.82) is 0 Å². The Morgan fingerprint density at radius 1 is 0.784 bits per heavy atom. The van der Waals surface area contributed by atoms with Gasteiger partial charge in [-0.25, -0.2) is 0 Å². The average Bonchev–Trinajstić information content (AvgIpc) is 3.36. The number of alkyl halides is 1. The molecule has 2 unspecified atom stereocenters. The summed E-state index contributed by atoms with van der Waals surface area (Å²) in [6.45, 7) is 4.39. The molecular formula is C30H40Cl4N2O. The van der Waals surface area contributed by atoms with Gasteiger partial charge in [0.2, 0.25) is 0 Å². The maximum atomic E-state index is 7.02. The summed E-state index contributed by atoms with van der Waals surface area (Å²) in [5.41, 5.74) is 1.45. The van der Waals surface area contributed by atoms with Crippen LogP contribution in [-0.2, 0) is 11.3 Å². The summed E-state index contributed by atoms with van der Waals surface area (Å²) in [5, 5.41) is 1.86. The minimum atomic E-state index is -0.388. The smallest absolute Gasteiger partial charge is 0.135 e. The number of nitrogens with zero attached hydrogens (tertiary/aromatic N) is 2. The summed E-state index contributed by atoms with van der Waals surface area (Å²) in [5.74, 6) is 0. The van der Waals surface area contributed by atoms with Crippen molar-refractivity contribution in [2.24, 2.45) is 0 Å². The normalized spacial score (nSPS) is 14.9. The third-order valence-electron chi connectivity index (χ3n) is 6.81. The minimum absolute atomic E-state index is 0.326. The van der Waals surface area contributed by atoms with Crippen LogP contribution in [0.5, 0.6) is 0 Å². The number of benzene rings is 2. The number of rotatable bonds is 17. The quantitative estimate of drug-likeness (QED) is 0.104. The second-order valence-electron chi connectivity index (χ2n) is 9.84. The van der Waals surface area contributed by atoms with Crippen molar-refractivity contribution in [3.05, 3.63) is 81.1 Å². The van der Waals surface area contributed by atoms with Gasteiger partial charge in [0.25, 0.3) is 0 Å². The fraction of sp³-hybridized carbons (Fsp3) is 0.533. The molecule has 0 aliphatic carbocycles. The van der Waals surface area contributed by atoms with Crippen molar-refractivity contribution in [1.82, 2.24) is 9.80 Å². The van der Waals surface area contributed by atoms with E-state index in [1.165, 1.54) is 64.2 Å². The van der Waals surface area contributed by atoms with Crippen LogP contribution >= 0.6 is 46.4 Å². The van der Waals surface area contributed by atoms with Crippen molar-refractivity contribution < 1.29 is 4.74 Å². The first-order valence-corrected chi connectivity index (χ1v) is 15.2. The third kappa shape index (κ3) is 10.5. The lowest BCUT2D eigenvalue weighted by atomic mass is 10.1. The SMILES string of the molecule is CCCCCCCCCCCCN1C=CN(C(Cl)C(OCc2ccc(Cl)cc2Cl)c2ccc(Cl)cc2)C1. The van der Waals surface area contributed by atoms with Gasteiger partial charge in [0.1, 0.15) is 11.6 Å². The lowest BCUT2D eigenvalue weighted by Gasteiger charge is -2.31. The molecule has 2 atom stereocenters. The van der Waals surface area contributed by atoms with E-state index in [9.17, 15) is 0 Å². The summed E-state index contributed by atoms with van der Waals surface area (Å²) >= 11 is 25.6. The Kier molecular flexibility index (Phi) is 13.8. The van der Waals surface area contributed by atoms with Crippen LogP contribution in [0.1, 0.15) is 88.4 Å². The zero-order valence-electron chi connectivity index (χ0n) is 21.9. The van der Waals surface area contributed by atoms with Gasteiger partial charge in [-0.2, -0.15) is 0 Å². The molecule has 0 amide bonds. The average molecular weight is 586 g/mol.